The minimum absolute atomic E-state index is 0.489. The number of hydrogen-bond donors (Lipinski definition) is 1. The number of rotatable bonds is 10. The molecule has 6 heteroatoms. The molecule has 0 radical (unpaired) electrons. The monoisotopic (exact) mass is 397 g/mol. The number of ether oxygens (including phenoxy) is 2. The van der Waals surface area contributed by atoms with Gasteiger partial charge in [0.05, 0.1) is 17.8 Å². The van der Waals surface area contributed by atoms with Gasteiger partial charge in [0.2, 0.25) is 0 Å². The summed E-state index contributed by atoms with van der Waals surface area (Å²) in [5.41, 5.74) is 3.40. The summed E-state index contributed by atoms with van der Waals surface area (Å²) in [6, 6.07) is 9.94. The van der Waals surface area contributed by atoms with Gasteiger partial charge in [0.1, 0.15) is 6.61 Å². The molecule has 0 fully saturated rings. The van der Waals surface area contributed by atoms with Gasteiger partial charge in [-0.2, -0.15) is 0 Å². The molecule has 0 aliphatic carbocycles. The van der Waals surface area contributed by atoms with Crippen LogP contribution in [0.2, 0.25) is 0 Å². The average Bonchev–Trinajstić information content (AvgIpc) is 3.20. The molecule has 5 nitrogen and oxygen atoms in total. The number of nitrogens with one attached hydrogen (secondary N) is 1. The standard InChI is InChI=1S/C22H27N3O2S/c1-16(2)22-25-19(15-28-22)8-11-24-13-18-4-5-20(21(12-18)26-3)27-14-17-6-9-23-10-7-17/h4-7,9-10,12,15-16,24H,8,11,13-14H2,1-3H3. The fraction of sp³-hybridized carbons (Fsp3) is 0.364. The summed E-state index contributed by atoms with van der Waals surface area (Å²) >= 11 is 1.75. The van der Waals surface area contributed by atoms with Gasteiger partial charge in [-0.15, -0.1) is 11.3 Å². The van der Waals surface area contributed by atoms with Gasteiger partial charge in [-0.3, -0.25) is 4.98 Å². The van der Waals surface area contributed by atoms with Gasteiger partial charge in [-0.05, 0) is 35.4 Å². The van der Waals surface area contributed by atoms with Crippen LogP contribution < -0.4 is 14.8 Å². The van der Waals surface area contributed by atoms with E-state index in [9.17, 15) is 0 Å². The molecular weight excluding hydrogens is 370 g/mol. The lowest BCUT2D eigenvalue weighted by Crippen LogP contribution is -2.17. The van der Waals surface area contributed by atoms with Crippen molar-refractivity contribution in [2.75, 3.05) is 13.7 Å². The van der Waals surface area contributed by atoms with Gasteiger partial charge in [-0.25, -0.2) is 4.98 Å². The van der Waals surface area contributed by atoms with E-state index in [-0.39, 0.29) is 0 Å². The van der Waals surface area contributed by atoms with Crippen LogP contribution in [0, 0.1) is 0 Å². The summed E-state index contributed by atoms with van der Waals surface area (Å²) in [7, 11) is 1.67. The average molecular weight is 398 g/mol. The molecule has 0 spiro atoms. The Balaban J connectivity index is 1.48. The normalized spacial score (nSPS) is 11.0. The number of hydrogen-bond acceptors (Lipinski definition) is 6. The Hall–Kier alpha value is -2.44. The SMILES string of the molecule is COc1cc(CNCCc2csc(C(C)C)n2)ccc1OCc1ccncc1. The molecule has 0 unspecified atom stereocenters. The third kappa shape index (κ3) is 5.78. The van der Waals surface area contributed by atoms with Crippen molar-refractivity contribution in [3.63, 3.8) is 0 Å². The Labute approximate surface area is 170 Å². The minimum atomic E-state index is 0.489. The highest BCUT2D eigenvalue weighted by Crippen LogP contribution is 2.28. The van der Waals surface area contributed by atoms with Crippen LogP contribution >= 0.6 is 11.3 Å². The molecule has 1 aromatic carbocycles. The number of thiazole rings is 1. The van der Waals surface area contributed by atoms with E-state index in [1.165, 1.54) is 10.7 Å². The first kappa shape index (κ1) is 20.3. The van der Waals surface area contributed by atoms with Crippen LogP contribution in [0.25, 0.3) is 0 Å². The second kappa shape index (κ2) is 10.2. The van der Waals surface area contributed by atoms with E-state index < -0.39 is 0 Å². The maximum atomic E-state index is 5.89. The maximum absolute atomic E-state index is 5.89. The van der Waals surface area contributed by atoms with Crippen LogP contribution in [0.1, 0.15) is 41.6 Å². The van der Waals surface area contributed by atoms with Crippen molar-refractivity contribution in [1.82, 2.24) is 15.3 Å². The molecule has 148 valence electrons. The number of nitrogens with zero attached hydrogens (tertiary/aromatic N) is 2. The van der Waals surface area contributed by atoms with E-state index >= 15 is 0 Å². The maximum Gasteiger partial charge on any atom is 0.161 e. The Morgan fingerprint density at radius 1 is 1.07 bits per heavy atom. The lowest BCUT2D eigenvalue weighted by molar-refractivity contribution is 0.284. The summed E-state index contributed by atoms with van der Waals surface area (Å²) < 4.78 is 11.4. The third-order valence-corrected chi connectivity index (χ3v) is 5.52. The second-order valence-electron chi connectivity index (χ2n) is 6.89. The molecule has 0 amide bonds. The van der Waals surface area contributed by atoms with Crippen molar-refractivity contribution in [2.24, 2.45) is 0 Å². The summed E-state index contributed by atoms with van der Waals surface area (Å²) in [5, 5.41) is 6.85. The number of pyridine rings is 1. The molecule has 0 aliphatic heterocycles. The van der Waals surface area contributed by atoms with E-state index in [4.69, 9.17) is 9.47 Å². The molecule has 0 saturated heterocycles. The highest BCUT2D eigenvalue weighted by Gasteiger charge is 2.08. The van der Waals surface area contributed by atoms with Crippen LogP contribution in [-0.4, -0.2) is 23.6 Å². The zero-order valence-corrected chi connectivity index (χ0v) is 17.5. The van der Waals surface area contributed by atoms with Crippen molar-refractivity contribution in [3.05, 3.63) is 69.9 Å². The number of methoxy groups -OCH3 is 1. The van der Waals surface area contributed by atoms with Crippen molar-refractivity contribution in [1.29, 1.82) is 0 Å². The van der Waals surface area contributed by atoms with E-state index in [0.29, 0.717) is 12.5 Å². The summed E-state index contributed by atoms with van der Waals surface area (Å²) in [6.45, 7) is 6.52. The molecule has 0 aliphatic rings. The van der Waals surface area contributed by atoms with Crippen LogP contribution in [0.3, 0.4) is 0 Å². The van der Waals surface area contributed by atoms with Crippen molar-refractivity contribution in [3.8, 4) is 11.5 Å². The zero-order valence-electron chi connectivity index (χ0n) is 16.6. The van der Waals surface area contributed by atoms with Gasteiger partial charge >= 0.3 is 0 Å². The van der Waals surface area contributed by atoms with Crippen molar-refractivity contribution >= 4 is 11.3 Å². The molecule has 0 saturated carbocycles. The number of aromatic nitrogens is 2. The first-order chi connectivity index (χ1) is 13.7. The molecular formula is C22H27N3O2S. The predicted octanol–water partition coefficient (Wildman–Crippen LogP) is 4.58. The Morgan fingerprint density at radius 2 is 1.89 bits per heavy atom. The first-order valence-electron chi connectivity index (χ1n) is 9.49. The molecule has 3 aromatic rings. The smallest absolute Gasteiger partial charge is 0.161 e. The van der Waals surface area contributed by atoms with E-state index in [0.717, 1.165) is 42.1 Å². The molecule has 3 rings (SSSR count). The van der Waals surface area contributed by atoms with Crippen molar-refractivity contribution in [2.45, 2.75) is 39.3 Å². The van der Waals surface area contributed by atoms with E-state index in [1.54, 1.807) is 30.8 Å². The fourth-order valence-electron chi connectivity index (χ4n) is 2.73. The zero-order chi connectivity index (χ0) is 19.8. The van der Waals surface area contributed by atoms with Crippen LogP contribution in [0.4, 0.5) is 0 Å². The van der Waals surface area contributed by atoms with E-state index in [1.807, 2.05) is 24.3 Å². The quantitative estimate of drug-likeness (QED) is 0.508. The predicted molar refractivity (Wildman–Crippen MR) is 113 cm³/mol. The Kier molecular flexibility index (Phi) is 7.39. The van der Waals surface area contributed by atoms with Crippen LogP contribution in [0.5, 0.6) is 11.5 Å². The molecule has 2 aromatic heterocycles. The van der Waals surface area contributed by atoms with Gasteiger partial charge in [-0.1, -0.05) is 19.9 Å². The molecule has 28 heavy (non-hydrogen) atoms. The second-order valence-corrected chi connectivity index (χ2v) is 7.78. The molecule has 0 bridgehead atoms. The summed E-state index contributed by atoms with van der Waals surface area (Å²) in [5.74, 6) is 1.99. The Morgan fingerprint density at radius 3 is 2.61 bits per heavy atom. The fourth-order valence-corrected chi connectivity index (χ4v) is 3.60. The first-order valence-corrected chi connectivity index (χ1v) is 10.4. The lowest BCUT2D eigenvalue weighted by Gasteiger charge is -2.12. The molecule has 1 N–H and O–H groups in total. The largest absolute Gasteiger partial charge is 0.493 e. The summed E-state index contributed by atoms with van der Waals surface area (Å²) in [6.07, 6.45) is 4.47. The van der Waals surface area contributed by atoms with Gasteiger partial charge < -0.3 is 14.8 Å². The van der Waals surface area contributed by atoms with Crippen LogP contribution in [0.15, 0.2) is 48.1 Å². The van der Waals surface area contributed by atoms with Gasteiger partial charge in [0.15, 0.2) is 11.5 Å². The Bertz CT molecular complexity index is 865. The lowest BCUT2D eigenvalue weighted by atomic mass is 10.2. The minimum Gasteiger partial charge on any atom is -0.493 e. The molecule has 0 atom stereocenters. The number of benzene rings is 1. The summed E-state index contributed by atoms with van der Waals surface area (Å²) in [4.78, 5) is 8.70. The highest BCUT2D eigenvalue weighted by atomic mass is 32.1. The van der Waals surface area contributed by atoms with Gasteiger partial charge in [0, 0.05) is 43.2 Å². The van der Waals surface area contributed by atoms with Crippen LogP contribution in [-0.2, 0) is 19.6 Å². The molecule has 2 heterocycles. The van der Waals surface area contributed by atoms with Crippen molar-refractivity contribution < 1.29 is 9.47 Å². The van der Waals surface area contributed by atoms with Gasteiger partial charge in [0.25, 0.3) is 0 Å². The topological polar surface area (TPSA) is 56.3 Å². The third-order valence-electron chi connectivity index (χ3n) is 4.32. The highest BCUT2D eigenvalue weighted by molar-refractivity contribution is 7.09. The van der Waals surface area contributed by atoms with E-state index in [2.05, 4.69) is 40.6 Å².